The van der Waals surface area contributed by atoms with Gasteiger partial charge in [0.15, 0.2) is 23.3 Å². The molecule has 19 rings (SSSR count). The van der Waals surface area contributed by atoms with E-state index in [0.29, 0.717) is 23.3 Å². The number of para-hydroxylation sites is 4. The van der Waals surface area contributed by atoms with Crippen molar-refractivity contribution in [3.63, 3.8) is 0 Å². The van der Waals surface area contributed by atoms with Crippen LogP contribution in [0.3, 0.4) is 0 Å². The first-order valence-electron chi connectivity index (χ1n) is 33.2. The van der Waals surface area contributed by atoms with Crippen LogP contribution in [-0.2, 0) is 5.41 Å². The zero-order valence-electron chi connectivity index (χ0n) is 53.3. The Hall–Kier alpha value is -12.6. The number of hydrogen-bond acceptors (Lipinski definition) is 7. The fourth-order valence-corrected chi connectivity index (χ4v) is 15.5. The summed E-state index contributed by atoms with van der Waals surface area (Å²) in [5.74, 6) is 2.19. The lowest BCUT2D eigenvalue weighted by molar-refractivity contribution is 0.661. The first kappa shape index (κ1) is 56.0. The lowest BCUT2D eigenvalue weighted by Crippen LogP contribution is -2.61. The number of hydrogen-bond donors (Lipinski definition) is 0. The molecule has 0 amide bonds. The highest BCUT2D eigenvalue weighted by Crippen LogP contribution is 2.52. The molecule has 454 valence electrons. The van der Waals surface area contributed by atoms with Crippen LogP contribution in [0.5, 0.6) is 0 Å². The minimum absolute atomic E-state index is 0.0411. The van der Waals surface area contributed by atoms with Crippen LogP contribution < -0.4 is 26.2 Å². The van der Waals surface area contributed by atoms with Crippen molar-refractivity contribution in [1.82, 2.24) is 29.5 Å². The van der Waals surface area contributed by atoms with Crippen molar-refractivity contribution in [2.75, 3.05) is 9.80 Å². The minimum atomic E-state index is -0.238. The van der Waals surface area contributed by atoms with E-state index < -0.39 is 0 Å². The Morgan fingerprint density at radius 2 is 0.773 bits per heavy atom. The highest BCUT2D eigenvalue weighted by atomic mass is 15.2. The average molecular weight is 1240 g/mol. The zero-order valence-corrected chi connectivity index (χ0v) is 53.3. The summed E-state index contributed by atoms with van der Waals surface area (Å²) < 4.78 is 2.42. The van der Waals surface area contributed by atoms with Gasteiger partial charge >= 0.3 is 0 Å². The third kappa shape index (κ3) is 9.11. The van der Waals surface area contributed by atoms with E-state index in [2.05, 4.69) is 319 Å². The van der Waals surface area contributed by atoms with E-state index in [-0.39, 0.29) is 12.1 Å². The Bertz CT molecular complexity index is 5770. The van der Waals surface area contributed by atoms with Crippen LogP contribution in [0.25, 0.3) is 118 Å². The van der Waals surface area contributed by atoms with Crippen LogP contribution in [0.15, 0.2) is 322 Å². The maximum absolute atomic E-state index is 5.66. The summed E-state index contributed by atoms with van der Waals surface area (Å²) in [5, 5.41) is 2.33. The Kier molecular flexibility index (Phi) is 12.9. The molecule has 9 heteroatoms. The number of aromatic nitrogens is 6. The molecule has 0 bridgehead atoms. The molecular formula is C88H59BN8. The van der Waals surface area contributed by atoms with Gasteiger partial charge in [-0.15, -0.1) is 0 Å². The maximum atomic E-state index is 5.66. The molecule has 2 aliphatic heterocycles. The maximum Gasteiger partial charge on any atom is 0.252 e. The SMILES string of the molecule is CC1(C)c2ccccc2-c2cc3c4ccccc4n(-c4ccc(-c5nc(-c6ccccc6)cc(-c6ccccc6)n5)cc4-c4nc(-c5ccccc5)nc(-c5cccc(-c6cccc(N7c8ccccc8B8c9ccccc9N(c9ccccc9)c9cccc7c98)c6)c5)n4)c3cc21. The Morgan fingerprint density at radius 3 is 1.47 bits per heavy atom. The molecule has 3 aromatic heterocycles. The van der Waals surface area contributed by atoms with Gasteiger partial charge in [-0.3, -0.25) is 0 Å². The molecule has 1 aliphatic carbocycles. The standard InChI is InChI=1S/C88H59BN8/c1-88(2)70-40-17-15-38-65(70)67-53-68-66-39-16-20-43-76(66)97(82(68)54-71(67)88)77-49-48-62(85-90-74(56-26-7-3-8-27-56)55-75(91-85)57-28-9-4-10-29-57)52-69(77)87-93-84(58-30-11-5-12-31-58)92-86(94-87)61-34-23-32-59(50-61)60-33-24-37-64(51-60)96-79-45-22-19-42-73(79)89-72-41-18-21-44-78(72)95(63-35-13-6-14-36-63)80-46-25-47-81(96)83(80)89/h3-55H,1-2H3. The van der Waals surface area contributed by atoms with Crippen molar-refractivity contribution in [3.8, 4) is 96.0 Å². The van der Waals surface area contributed by atoms with Crippen molar-refractivity contribution in [2.24, 2.45) is 0 Å². The topological polar surface area (TPSA) is 75.9 Å². The van der Waals surface area contributed by atoms with E-state index in [4.69, 9.17) is 24.9 Å². The number of rotatable bonds is 10. The van der Waals surface area contributed by atoms with Gasteiger partial charge in [-0.1, -0.05) is 238 Å². The second-order valence-electron chi connectivity index (χ2n) is 25.9. The highest BCUT2D eigenvalue weighted by molar-refractivity contribution is 7.00. The van der Waals surface area contributed by atoms with Gasteiger partial charge in [0.2, 0.25) is 0 Å². The zero-order chi connectivity index (χ0) is 64.3. The van der Waals surface area contributed by atoms with Crippen LogP contribution in [0, 0.1) is 0 Å². The van der Waals surface area contributed by atoms with E-state index in [0.717, 1.165) is 101 Å². The predicted molar refractivity (Wildman–Crippen MR) is 399 cm³/mol. The van der Waals surface area contributed by atoms with Crippen LogP contribution in [0.1, 0.15) is 25.0 Å². The third-order valence-electron chi connectivity index (χ3n) is 20.0. The summed E-state index contributed by atoms with van der Waals surface area (Å²) in [4.78, 5) is 32.3. The summed E-state index contributed by atoms with van der Waals surface area (Å²) >= 11 is 0. The normalized spacial score (nSPS) is 13.1. The number of nitrogens with zero attached hydrogens (tertiary/aromatic N) is 8. The number of benzene rings is 13. The molecule has 16 aromatic rings. The fraction of sp³-hybridized carbons (Fsp3) is 0.0341. The van der Waals surface area contributed by atoms with Gasteiger partial charge < -0.3 is 14.4 Å². The van der Waals surface area contributed by atoms with Crippen LogP contribution in [0.4, 0.5) is 34.1 Å². The molecule has 0 saturated heterocycles. The third-order valence-corrected chi connectivity index (χ3v) is 20.0. The Labute approximate surface area is 562 Å². The molecule has 0 spiro atoms. The summed E-state index contributed by atoms with van der Waals surface area (Å²) in [6.07, 6.45) is 0. The van der Waals surface area contributed by atoms with E-state index >= 15 is 0 Å². The summed E-state index contributed by atoms with van der Waals surface area (Å²) in [7, 11) is 0. The molecule has 0 fully saturated rings. The molecule has 0 atom stereocenters. The van der Waals surface area contributed by atoms with Gasteiger partial charge in [0.05, 0.1) is 28.1 Å². The summed E-state index contributed by atoms with van der Waals surface area (Å²) in [6, 6.07) is 115. The second-order valence-corrected chi connectivity index (χ2v) is 25.9. The molecule has 0 N–H and O–H groups in total. The van der Waals surface area contributed by atoms with Gasteiger partial charge in [-0.25, -0.2) is 24.9 Å². The van der Waals surface area contributed by atoms with Gasteiger partial charge in [0.25, 0.3) is 6.71 Å². The summed E-state index contributed by atoms with van der Waals surface area (Å²) in [6.45, 7) is 4.74. The average Bonchev–Trinajstić information content (AvgIpc) is 0.912. The van der Waals surface area contributed by atoms with Crippen molar-refractivity contribution in [2.45, 2.75) is 19.3 Å². The largest absolute Gasteiger partial charge is 0.311 e. The van der Waals surface area contributed by atoms with Gasteiger partial charge in [-0.2, -0.15) is 0 Å². The molecule has 0 unspecified atom stereocenters. The minimum Gasteiger partial charge on any atom is -0.311 e. The molecule has 3 aliphatic rings. The van der Waals surface area contributed by atoms with Gasteiger partial charge in [0, 0.05) is 83.7 Å². The Morgan fingerprint density at radius 1 is 0.278 bits per heavy atom. The first-order chi connectivity index (χ1) is 47.9. The number of anilines is 6. The fourth-order valence-electron chi connectivity index (χ4n) is 15.5. The van der Waals surface area contributed by atoms with E-state index in [1.807, 2.05) is 30.3 Å². The lowest BCUT2D eigenvalue weighted by atomic mass is 9.33. The van der Waals surface area contributed by atoms with Gasteiger partial charge in [-0.05, 0) is 147 Å². The van der Waals surface area contributed by atoms with Crippen LogP contribution in [0.2, 0.25) is 0 Å². The number of fused-ring (bicyclic) bond motifs is 10. The van der Waals surface area contributed by atoms with Crippen molar-refractivity contribution < 1.29 is 0 Å². The molecular weight excluding hydrogens is 1180 g/mol. The van der Waals surface area contributed by atoms with E-state index in [1.54, 1.807) is 0 Å². The van der Waals surface area contributed by atoms with Crippen molar-refractivity contribution in [3.05, 3.63) is 333 Å². The molecule has 8 nitrogen and oxygen atoms in total. The molecule has 5 heterocycles. The van der Waals surface area contributed by atoms with Crippen LogP contribution in [-0.4, -0.2) is 36.2 Å². The molecule has 97 heavy (non-hydrogen) atoms. The molecule has 13 aromatic carbocycles. The predicted octanol–water partition coefficient (Wildman–Crippen LogP) is 19.8. The molecule has 0 radical (unpaired) electrons. The van der Waals surface area contributed by atoms with Crippen molar-refractivity contribution in [1.29, 1.82) is 0 Å². The summed E-state index contributed by atoms with van der Waals surface area (Å²) in [5.41, 5.74) is 27.8. The lowest BCUT2D eigenvalue weighted by Gasteiger charge is -2.44. The quantitative estimate of drug-likeness (QED) is 0.126. The monoisotopic (exact) mass is 1240 g/mol. The highest BCUT2D eigenvalue weighted by Gasteiger charge is 2.43. The van der Waals surface area contributed by atoms with E-state index in [1.165, 1.54) is 55.4 Å². The smallest absolute Gasteiger partial charge is 0.252 e. The van der Waals surface area contributed by atoms with Crippen molar-refractivity contribution >= 4 is 79.0 Å². The second kappa shape index (κ2) is 22.3. The molecule has 0 saturated carbocycles. The van der Waals surface area contributed by atoms with Gasteiger partial charge in [0.1, 0.15) is 0 Å². The van der Waals surface area contributed by atoms with E-state index in [9.17, 15) is 0 Å². The Balaban J connectivity index is 0.794. The first-order valence-corrected chi connectivity index (χ1v) is 33.2. The van der Waals surface area contributed by atoms with Crippen LogP contribution >= 0.6 is 0 Å².